The molecule has 82 valence electrons. The fourth-order valence-corrected chi connectivity index (χ4v) is 1.42. The van der Waals surface area contributed by atoms with E-state index in [-0.39, 0.29) is 11.4 Å². The Labute approximate surface area is 89.5 Å². The molecular weight excluding hydrogens is 217 g/mol. The fourth-order valence-electron chi connectivity index (χ4n) is 1.22. The molecule has 0 saturated carbocycles. The molecule has 0 aromatic heterocycles. The highest BCUT2D eigenvalue weighted by atomic mass is 31.0. The monoisotopic (exact) mass is 229 g/mol. The van der Waals surface area contributed by atoms with Gasteiger partial charge in [-0.2, -0.15) is 0 Å². The summed E-state index contributed by atoms with van der Waals surface area (Å²) in [5, 5.41) is 20.2. The van der Waals surface area contributed by atoms with E-state index in [1.807, 2.05) is 9.47 Å². The molecule has 0 bridgehead atoms. The third-order valence-corrected chi connectivity index (χ3v) is 2.33. The zero-order valence-electron chi connectivity index (χ0n) is 8.21. The average Bonchev–Trinajstić information content (AvgIpc) is 2.27. The van der Waals surface area contributed by atoms with E-state index >= 15 is 0 Å². The summed E-state index contributed by atoms with van der Waals surface area (Å²) < 4.78 is 4.77. The first kappa shape index (κ1) is 11.9. The van der Waals surface area contributed by atoms with E-state index in [1.54, 1.807) is 13.0 Å². The normalized spacial score (nSPS) is 12.2. The first-order valence-electron chi connectivity index (χ1n) is 4.43. The van der Waals surface area contributed by atoms with Crippen molar-refractivity contribution in [1.29, 1.82) is 0 Å². The van der Waals surface area contributed by atoms with Crippen molar-refractivity contribution in [1.82, 2.24) is 0 Å². The Hall–Kier alpha value is -1.19. The van der Waals surface area contributed by atoms with Crippen LogP contribution in [0.15, 0.2) is 18.2 Å². The van der Waals surface area contributed by atoms with E-state index in [2.05, 4.69) is 0 Å². The number of aliphatic hydroxyl groups is 1. The summed E-state index contributed by atoms with van der Waals surface area (Å²) >= 11 is 0. The minimum Gasteiger partial charge on any atom is -0.473 e. The lowest BCUT2D eigenvalue weighted by Gasteiger charge is -2.08. The Morgan fingerprint density at radius 3 is 2.80 bits per heavy atom. The van der Waals surface area contributed by atoms with Crippen molar-refractivity contribution in [2.45, 2.75) is 19.4 Å². The van der Waals surface area contributed by atoms with Crippen LogP contribution in [0.1, 0.15) is 25.0 Å². The molecule has 1 aromatic carbocycles. The third-order valence-electron chi connectivity index (χ3n) is 2.08. The average molecular weight is 229 g/mol. The Morgan fingerprint density at radius 1 is 1.67 bits per heavy atom. The Bertz CT molecular complexity index is 369. The van der Waals surface area contributed by atoms with Crippen LogP contribution in [0.5, 0.6) is 5.75 Å². The summed E-state index contributed by atoms with van der Waals surface area (Å²) in [5.74, 6) is 0.164. The predicted octanol–water partition coefficient (Wildman–Crippen LogP) is 2.21. The number of nitrogens with zero attached hydrogens (tertiary/aromatic N) is 1. The standard InChI is InChI=1S/C9H12NO4P/c1-2-8(11)6-3-4-9(14-15)7(5-6)10(12)13/h3-5,8,11H,2,15H2,1H3/t8-/m0/s1. The molecule has 0 aliphatic carbocycles. The van der Waals surface area contributed by atoms with Crippen LogP contribution in [0.3, 0.4) is 0 Å². The molecule has 0 radical (unpaired) electrons. The van der Waals surface area contributed by atoms with E-state index in [1.165, 1.54) is 12.1 Å². The Kier molecular flexibility index (Phi) is 4.00. The molecule has 0 heterocycles. The summed E-state index contributed by atoms with van der Waals surface area (Å²) in [6.07, 6.45) is -0.166. The van der Waals surface area contributed by atoms with Crippen LogP contribution < -0.4 is 4.52 Å². The number of aliphatic hydroxyl groups excluding tert-OH is 1. The lowest BCUT2D eigenvalue weighted by Crippen LogP contribution is -1.98. The highest BCUT2D eigenvalue weighted by Gasteiger charge is 2.17. The summed E-state index contributed by atoms with van der Waals surface area (Å²) in [6.45, 7) is 1.80. The van der Waals surface area contributed by atoms with Gasteiger partial charge in [0, 0.05) is 6.07 Å². The Morgan fingerprint density at radius 2 is 2.33 bits per heavy atom. The van der Waals surface area contributed by atoms with Gasteiger partial charge in [-0.15, -0.1) is 0 Å². The van der Waals surface area contributed by atoms with Gasteiger partial charge >= 0.3 is 5.69 Å². The summed E-state index contributed by atoms with van der Waals surface area (Å²) in [7, 11) is 1.96. The van der Waals surface area contributed by atoms with Crippen LogP contribution in [0.4, 0.5) is 5.69 Å². The second-order valence-electron chi connectivity index (χ2n) is 3.03. The van der Waals surface area contributed by atoms with Crippen LogP contribution >= 0.6 is 9.47 Å². The smallest absolute Gasteiger partial charge is 0.311 e. The highest BCUT2D eigenvalue weighted by molar-refractivity contribution is 7.10. The third kappa shape index (κ3) is 2.64. The van der Waals surface area contributed by atoms with Gasteiger partial charge in [-0.25, -0.2) is 0 Å². The van der Waals surface area contributed by atoms with Gasteiger partial charge in [-0.05, 0) is 18.1 Å². The molecule has 1 rings (SSSR count). The van der Waals surface area contributed by atoms with Crippen molar-refractivity contribution in [3.05, 3.63) is 33.9 Å². The van der Waals surface area contributed by atoms with Crippen molar-refractivity contribution >= 4 is 15.2 Å². The first-order valence-corrected chi connectivity index (χ1v) is 4.90. The van der Waals surface area contributed by atoms with Gasteiger partial charge in [0.05, 0.1) is 20.5 Å². The number of hydrogen-bond acceptors (Lipinski definition) is 4. The summed E-state index contributed by atoms with van der Waals surface area (Å²) in [6, 6.07) is 4.41. The van der Waals surface area contributed by atoms with Gasteiger partial charge in [-0.3, -0.25) is 10.1 Å². The number of rotatable bonds is 4. The molecular formula is C9H12NO4P. The van der Waals surface area contributed by atoms with Crippen LogP contribution in [0.2, 0.25) is 0 Å². The van der Waals surface area contributed by atoms with Gasteiger partial charge in [0.1, 0.15) is 0 Å². The first-order chi connectivity index (χ1) is 7.10. The molecule has 0 fully saturated rings. The summed E-state index contributed by atoms with van der Waals surface area (Å²) in [5.41, 5.74) is 0.380. The quantitative estimate of drug-likeness (QED) is 0.488. The summed E-state index contributed by atoms with van der Waals surface area (Å²) in [4.78, 5) is 10.1. The van der Waals surface area contributed by atoms with Crippen LogP contribution in [-0.2, 0) is 0 Å². The van der Waals surface area contributed by atoms with Crippen LogP contribution in [0.25, 0.3) is 0 Å². The van der Waals surface area contributed by atoms with Crippen LogP contribution in [0, 0.1) is 10.1 Å². The van der Waals surface area contributed by atoms with Crippen molar-refractivity contribution < 1.29 is 14.6 Å². The second kappa shape index (κ2) is 5.05. The maximum absolute atomic E-state index is 10.7. The van der Waals surface area contributed by atoms with E-state index in [9.17, 15) is 15.2 Å². The van der Waals surface area contributed by atoms with E-state index < -0.39 is 11.0 Å². The van der Waals surface area contributed by atoms with Crippen molar-refractivity contribution in [2.75, 3.05) is 0 Å². The van der Waals surface area contributed by atoms with E-state index in [4.69, 9.17) is 4.52 Å². The second-order valence-corrected chi connectivity index (χ2v) is 3.26. The largest absolute Gasteiger partial charge is 0.473 e. The lowest BCUT2D eigenvalue weighted by atomic mass is 10.1. The molecule has 0 aliphatic heterocycles. The fraction of sp³-hybridized carbons (Fsp3) is 0.333. The van der Waals surface area contributed by atoms with Gasteiger partial charge in [0.15, 0.2) is 5.75 Å². The highest BCUT2D eigenvalue weighted by Crippen LogP contribution is 2.31. The van der Waals surface area contributed by atoms with Crippen molar-refractivity contribution in [2.24, 2.45) is 0 Å². The SMILES string of the molecule is CC[C@H](O)c1ccc(OP)c([N+](=O)[O-])c1. The molecule has 0 spiro atoms. The molecule has 1 N–H and O–H groups in total. The minimum atomic E-state index is -0.678. The van der Waals surface area contributed by atoms with Gasteiger partial charge in [0.2, 0.25) is 0 Å². The molecule has 0 aliphatic rings. The lowest BCUT2D eigenvalue weighted by molar-refractivity contribution is -0.385. The van der Waals surface area contributed by atoms with E-state index in [0.29, 0.717) is 12.0 Å². The molecule has 1 unspecified atom stereocenters. The zero-order chi connectivity index (χ0) is 11.4. The molecule has 0 saturated heterocycles. The predicted molar refractivity (Wildman–Crippen MR) is 58.7 cm³/mol. The maximum Gasteiger partial charge on any atom is 0.311 e. The molecule has 0 amide bonds. The molecule has 6 heteroatoms. The molecule has 15 heavy (non-hydrogen) atoms. The number of nitro benzene ring substituents is 1. The maximum atomic E-state index is 10.7. The van der Waals surface area contributed by atoms with Gasteiger partial charge in [0.25, 0.3) is 0 Å². The number of benzene rings is 1. The van der Waals surface area contributed by atoms with Crippen molar-refractivity contribution in [3.8, 4) is 5.75 Å². The topological polar surface area (TPSA) is 72.6 Å². The molecule has 5 nitrogen and oxygen atoms in total. The molecule has 2 atom stereocenters. The van der Waals surface area contributed by atoms with Gasteiger partial charge in [-0.1, -0.05) is 13.0 Å². The minimum absolute atomic E-state index is 0.144. The number of nitro groups is 1. The van der Waals surface area contributed by atoms with Crippen LogP contribution in [-0.4, -0.2) is 10.0 Å². The Balaban J connectivity index is 3.16. The zero-order valence-corrected chi connectivity index (χ0v) is 9.37. The molecule has 1 aromatic rings. The van der Waals surface area contributed by atoms with E-state index in [0.717, 1.165) is 0 Å². The number of hydrogen-bond donors (Lipinski definition) is 1. The van der Waals surface area contributed by atoms with Gasteiger partial charge < -0.3 is 9.63 Å². The van der Waals surface area contributed by atoms with Crippen molar-refractivity contribution in [3.63, 3.8) is 0 Å².